The van der Waals surface area contributed by atoms with Gasteiger partial charge in [-0.25, -0.2) is 0 Å². The number of nitrogens with one attached hydrogen (secondary N) is 1. The molecule has 5 heteroatoms. The molecule has 0 aliphatic rings. The number of carbonyl (C=O) groups is 1. The number of benzene rings is 2. The van der Waals surface area contributed by atoms with Crippen LogP contribution < -0.4 is 15.2 Å². The predicted octanol–water partition coefficient (Wildman–Crippen LogP) is 4.12. The first kappa shape index (κ1) is 18.7. The first-order chi connectivity index (χ1) is 13.0. The summed E-state index contributed by atoms with van der Waals surface area (Å²) in [5.41, 5.74) is 1.90. The van der Waals surface area contributed by atoms with Crippen LogP contribution in [0.2, 0.25) is 0 Å². The number of carbonyl (C=O) groups excluding carboxylic acids is 1. The summed E-state index contributed by atoms with van der Waals surface area (Å²) in [4.78, 5) is 29.9. The topological polar surface area (TPSA) is 62.4 Å². The Labute approximate surface area is 158 Å². The van der Waals surface area contributed by atoms with E-state index >= 15 is 0 Å². The highest BCUT2D eigenvalue weighted by Gasteiger charge is 2.20. The maximum atomic E-state index is 12.8. The van der Waals surface area contributed by atoms with Gasteiger partial charge in [0.15, 0.2) is 0 Å². The number of pyridine rings is 1. The molecule has 3 rings (SSSR count). The summed E-state index contributed by atoms with van der Waals surface area (Å²) in [5, 5.41) is 0.940. The third kappa shape index (κ3) is 4.19. The van der Waals surface area contributed by atoms with Crippen molar-refractivity contribution in [2.24, 2.45) is 5.92 Å². The monoisotopic (exact) mass is 364 g/mol. The van der Waals surface area contributed by atoms with Crippen LogP contribution in [-0.4, -0.2) is 17.5 Å². The van der Waals surface area contributed by atoms with Crippen LogP contribution in [0.15, 0.2) is 59.4 Å². The number of rotatable bonds is 6. The average Bonchev–Trinajstić information content (AvgIpc) is 2.66. The van der Waals surface area contributed by atoms with Crippen molar-refractivity contribution in [1.82, 2.24) is 4.98 Å². The minimum absolute atomic E-state index is 0.0354. The van der Waals surface area contributed by atoms with Crippen molar-refractivity contribution in [1.29, 1.82) is 0 Å². The second-order valence-corrected chi connectivity index (χ2v) is 6.72. The van der Waals surface area contributed by atoms with E-state index in [0.717, 1.165) is 22.3 Å². The van der Waals surface area contributed by atoms with Crippen molar-refractivity contribution >= 4 is 22.5 Å². The summed E-state index contributed by atoms with van der Waals surface area (Å²) in [6.45, 7) is 6.43. The Kier molecular flexibility index (Phi) is 5.60. The molecule has 0 radical (unpaired) electrons. The first-order valence-electron chi connectivity index (χ1n) is 9.14. The SMILES string of the molecule is CCOc1ccc(N(Cc2cc3ccccc3[nH]c2=O)C(=O)C(C)C)cc1. The van der Waals surface area contributed by atoms with Crippen LogP contribution in [0.1, 0.15) is 26.3 Å². The van der Waals surface area contributed by atoms with E-state index in [2.05, 4.69) is 4.98 Å². The summed E-state index contributed by atoms with van der Waals surface area (Å²) in [7, 11) is 0. The first-order valence-corrected chi connectivity index (χ1v) is 9.14. The van der Waals surface area contributed by atoms with Gasteiger partial charge < -0.3 is 14.6 Å². The van der Waals surface area contributed by atoms with Crippen molar-refractivity contribution < 1.29 is 9.53 Å². The van der Waals surface area contributed by atoms with Crippen LogP contribution in [0.4, 0.5) is 5.69 Å². The van der Waals surface area contributed by atoms with Gasteiger partial charge in [-0.2, -0.15) is 0 Å². The second kappa shape index (κ2) is 8.08. The lowest BCUT2D eigenvalue weighted by molar-refractivity contribution is -0.121. The van der Waals surface area contributed by atoms with Gasteiger partial charge in [0, 0.05) is 22.7 Å². The molecule has 0 unspecified atom stereocenters. The normalized spacial score (nSPS) is 11.0. The molecule has 0 saturated heterocycles. The van der Waals surface area contributed by atoms with Crippen LogP contribution in [0.5, 0.6) is 5.75 Å². The molecule has 140 valence electrons. The number of fused-ring (bicyclic) bond motifs is 1. The number of aromatic nitrogens is 1. The number of para-hydroxylation sites is 1. The summed E-state index contributed by atoms with van der Waals surface area (Å²) < 4.78 is 5.48. The molecule has 0 fully saturated rings. The van der Waals surface area contributed by atoms with Crippen LogP contribution in [0.25, 0.3) is 10.9 Å². The van der Waals surface area contributed by atoms with Crippen LogP contribution in [0, 0.1) is 5.92 Å². The lowest BCUT2D eigenvalue weighted by Crippen LogP contribution is -2.35. The van der Waals surface area contributed by atoms with Crippen molar-refractivity contribution in [2.75, 3.05) is 11.5 Å². The molecule has 1 aromatic heterocycles. The predicted molar refractivity (Wildman–Crippen MR) is 108 cm³/mol. The molecule has 5 nitrogen and oxygen atoms in total. The van der Waals surface area contributed by atoms with E-state index in [1.807, 2.05) is 75.4 Å². The van der Waals surface area contributed by atoms with Crippen molar-refractivity contribution in [3.63, 3.8) is 0 Å². The second-order valence-electron chi connectivity index (χ2n) is 6.72. The Balaban J connectivity index is 1.98. The minimum atomic E-state index is -0.184. The zero-order valence-electron chi connectivity index (χ0n) is 15.9. The smallest absolute Gasteiger partial charge is 0.253 e. The quantitative estimate of drug-likeness (QED) is 0.716. The Hall–Kier alpha value is -3.08. The standard InChI is InChI=1S/C22H24N2O3/c1-4-27-19-11-9-18(10-12-19)24(22(26)15(2)3)14-17-13-16-7-5-6-8-20(16)23-21(17)25/h5-13,15H,4,14H2,1-3H3,(H,23,25). The minimum Gasteiger partial charge on any atom is -0.494 e. The molecule has 0 bridgehead atoms. The zero-order valence-corrected chi connectivity index (χ0v) is 15.9. The fourth-order valence-corrected chi connectivity index (χ4v) is 2.98. The van der Waals surface area contributed by atoms with E-state index in [9.17, 15) is 9.59 Å². The van der Waals surface area contributed by atoms with Crippen molar-refractivity contribution in [3.8, 4) is 5.75 Å². The number of ether oxygens (including phenoxy) is 1. The van der Waals surface area contributed by atoms with Crippen LogP contribution in [-0.2, 0) is 11.3 Å². The highest BCUT2D eigenvalue weighted by Crippen LogP contribution is 2.23. The van der Waals surface area contributed by atoms with E-state index in [-0.39, 0.29) is 23.9 Å². The molecule has 1 heterocycles. The molecule has 2 aromatic carbocycles. The summed E-state index contributed by atoms with van der Waals surface area (Å²) in [6.07, 6.45) is 0. The maximum absolute atomic E-state index is 12.8. The molecule has 0 spiro atoms. The lowest BCUT2D eigenvalue weighted by atomic mass is 10.1. The molecule has 0 aliphatic heterocycles. The Morgan fingerprint density at radius 1 is 1.11 bits per heavy atom. The number of aromatic amines is 1. The highest BCUT2D eigenvalue weighted by molar-refractivity contribution is 5.94. The van der Waals surface area contributed by atoms with Crippen LogP contribution >= 0.6 is 0 Å². The van der Waals surface area contributed by atoms with E-state index in [1.54, 1.807) is 4.90 Å². The molecule has 0 atom stereocenters. The number of hydrogen-bond donors (Lipinski definition) is 1. The lowest BCUT2D eigenvalue weighted by Gasteiger charge is -2.25. The van der Waals surface area contributed by atoms with Gasteiger partial charge in [0.1, 0.15) is 5.75 Å². The van der Waals surface area contributed by atoms with Gasteiger partial charge in [-0.3, -0.25) is 9.59 Å². The number of anilines is 1. The molecule has 3 aromatic rings. The molecule has 1 amide bonds. The van der Waals surface area contributed by atoms with Gasteiger partial charge in [-0.1, -0.05) is 32.0 Å². The van der Waals surface area contributed by atoms with Gasteiger partial charge in [0.2, 0.25) is 5.91 Å². The van der Waals surface area contributed by atoms with E-state index in [0.29, 0.717) is 12.2 Å². The van der Waals surface area contributed by atoms with Gasteiger partial charge in [-0.05, 0) is 48.7 Å². The van der Waals surface area contributed by atoms with Gasteiger partial charge >= 0.3 is 0 Å². The van der Waals surface area contributed by atoms with Gasteiger partial charge in [0.25, 0.3) is 5.56 Å². The number of hydrogen-bond acceptors (Lipinski definition) is 3. The van der Waals surface area contributed by atoms with E-state index in [1.165, 1.54) is 0 Å². The van der Waals surface area contributed by atoms with Crippen molar-refractivity contribution in [2.45, 2.75) is 27.3 Å². The largest absolute Gasteiger partial charge is 0.494 e. The summed E-state index contributed by atoms with van der Waals surface area (Å²) >= 11 is 0. The Morgan fingerprint density at radius 2 is 1.81 bits per heavy atom. The molecular formula is C22H24N2O3. The highest BCUT2D eigenvalue weighted by atomic mass is 16.5. The van der Waals surface area contributed by atoms with Crippen LogP contribution in [0.3, 0.4) is 0 Å². The molecule has 1 N–H and O–H groups in total. The number of H-pyrrole nitrogens is 1. The third-order valence-electron chi connectivity index (χ3n) is 4.38. The third-order valence-corrected chi connectivity index (χ3v) is 4.38. The molecule has 0 aliphatic carbocycles. The maximum Gasteiger partial charge on any atom is 0.253 e. The molecular weight excluding hydrogens is 340 g/mol. The molecule has 27 heavy (non-hydrogen) atoms. The summed E-state index contributed by atoms with van der Waals surface area (Å²) in [6, 6.07) is 16.8. The fraction of sp³-hybridized carbons (Fsp3) is 0.273. The Bertz CT molecular complexity index is 990. The number of nitrogens with zero attached hydrogens (tertiary/aromatic N) is 1. The Morgan fingerprint density at radius 3 is 2.48 bits per heavy atom. The van der Waals surface area contributed by atoms with Crippen molar-refractivity contribution in [3.05, 3.63) is 70.5 Å². The molecule has 0 saturated carbocycles. The number of amides is 1. The fourth-order valence-electron chi connectivity index (χ4n) is 2.98. The average molecular weight is 364 g/mol. The van der Waals surface area contributed by atoms with Gasteiger partial charge in [0.05, 0.1) is 13.2 Å². The summed E-state index contributed by atoms with van der Waals surface area (Å²) in [5.74, 6) is 0.532. The zero-order chi connectivity index (χ0) is 19.4. The van der Waals surface area contributed by atoms with E-state index in [4.69, 9.17) is 4.74 Å². The van der Waals surface area contributed by atoms with E-state index < -0.39 is 0 Å². The van der Waals surface area contributed by atoms with Gasteiger partial charge in [-0.15, -0.1) is 0 Å².